The van der Waals surface area contributed by atoms with Crippen molar-refractivity contribution in [1.82, 2.24) is 0 Å². The second-order valence-corrected chi connectivity index (χ2v) is 7.95. The van der Waals surface area contributed by atoms with E-state index in [1.54, 1.807) is 7.11 Å². The summed E-state index contributed by atoms with van der Waals surface area (Å²) in [4.78, 5) is 0. The van der Waals surface area contributed by atoms with Gasteiger partial charge in [-0.2, -0.15) is 5.26 Å². The number of nitrogens with zero attached hydrogens (tertiary/aromatic N) is 1. The summed E-state index contributed by atoms with van der Waals surface area (Å²) in [6.07, 6.45) is -3.03. The number of hydrogen-bond acceptors (Lipinski definition) is 8. The molecule has 2 aliphatic rings. The van der Waals surface area contributed by atoms with E-state index in [1.807, 2.05) is 6.07 Å². The van der Waals surface area contributed by atoms with Crippen LogP contribution in [0.25, 0.3) is 0 Å². The van der Waals surface area contributed by atoms with Crippen molar-refractivity contribution in [3.05, 3.63) is 28.8 Å². The van der Waals surface area contributed by atoms with E-state index in [0.29, 0.717) is 10.8 Å². The van der Waals surface area contributed by atoms with Gasteiger partial charge in [-0.1, -0.05) is 17.7 Å². The van der Waals surface area contributed by atoms with Gasteiger partial charge in [0.05, 0.1) is 29.7 Å². The molecule has 0 bridgehead atoms. The van der Waals surface area contributed by atoms with Crippen LogP contribution in [-0.2, 0) is 15.3 Å². The SMILES string of the molecule is COC1CCC(Oc2cc([C@@]3(O)O[C@H](CC#N)[C@@H](O)[C@H](O)[C@H]3O)ccc2Cl)CC1. The predicted molar refractivity (Wildman–Crippen MR) is 102 cm³/mol. The van der Waals surface area contributed by atoms with E-state index in [9.17, 15) is 20.4 Å². The van der Waals surface area contributed by atoms with Crippen molar-refractivity contribution in [1.29, 1.82) is 5.26 Å². The van der Waals surface area contributed by atoms with Gasteiger partial charge in [0.25, 0.3) is 0 Å². The highest BCUT2D eigenvalue weighted by atomic mass is 35.5. The number of ether oxygens (including phenoxy) is 3. The molecule has 1 aliphatic heterocycles. The van der Waals surface area contributed by atoms with E-state index in [0.717, 1.165) is 25.7 Å². The fourth-order valence-electron chi connectivity index (χ4n) is 3.88. The van der Waals surface area contributed by atoms with E-state index in [4.69, 9.17) is 31.1 Å². The number of halogens is 1. The van der Waals surface area contributed by atoms with Gasteiger partial charge < -0.3 is 34.6 Å². The Morgan fingerprint density at radius 1 is 1.17 bits per heavy atom. The Balaban J connectivity index is 1.83. The van der Waals surface area contributed by atoms with Crippen LogP contribution in [-0.4, -0.2) is 64.2 Å². The average molecular weight is 428 g/mol. The monoisotopic (exact) mass is 427 g/mol. The Hall–Kier alpha value is -1.44. The van der Waals surface area contributed by atoms with Gasteiger partial charge >= 0.3 is 0 Å². The van der Waals surface area contributed by atoms with Crippen molar-refractivity contribution in [2.75, 3.05) is 7.11 Å². The van der Waals surface area contributed by atoms with Gasteiger partial charge in [-0.3, -0.25) is 0 Å². The maximum atomic E-state index is 11.0. The predicted octanol–water partition coefficient (Wildman–Crippen LogP) is 1.22. The molecule has 3 rings (SSSR count). The summed E-state index contributed by atoms with van der Waals surface area (Å²) in [5, 5.41) is 50.8. The third kappa shape index (κ3) is 4.52. The normalized spacial score (nSPS) is 37.7. The third-order valence-corrected chi connectivity index (χ3v) is 5.98. The molecule has 0 unspecified atom stereocenters. The minimum absolute atomic E-state index is 0.0697. The van der Waals surface area contributed by atoms with Crippen molar-refractivity contribution in [3.63, 3.8) is 0 Å². The summed E-state index contributed by atoms with van der Waals surface area (Å²) in [5.74, 6) is -2.02. The second-order valence-electron chi connectivity index (χ2n) is 7.54. The molecule has 160 valence electrons. The van der Waals surface area contributed by atoms with Gasteiger partial charge in [-0.05, 0) is 37.8 Å². The van der Waals surface area contributed by atoms with E-state index >= 15 is 0 Å². The molecule has 1 aromatic rings. The van der Waals surface area contributed by atoms with Crippen molar-refractivity contribution in [2.45, 2.75) is 74.5 Å². The first-order valence-electron chi connectivity index (χ1n) is 9.61. The molecule has 9 heteroatoms. The number of methoxy groups -OCH3 is 1. The van der Waals surface area contributed by atoms with Crippen LogP contribution in [0.4, 0.5) is 0 Å². The number of nitriles is 1. The van der Waals surface area contributed by atoms with Gasteiger partial charge in [-0.25, -0.2) is 0 Å². The van der Waals surface area contributed by atoms with Crippen LogP contribution in [0.2, 0.25) is 5.02 Å². The molecule has 1 aromatic carbocycles. The Bertz CT molecular complexity index is 749. The van der Waals surface area contributed by atoms with Gasteiger partial charge in [-0.15, -0.1) is 0 Å². The molecular weight excluding hydrogens is 402 g/mol. The minimum Gasteiger partial charge on any atom is -0.489 e. The zero-order valence-electron chi connectivity index (χ0n) is 16.1. The molecule has 1 aliphatic carbocycles. The number of aliphatic hydroxyl groups is 4. The Morgan fingerprint density at radius 2 is 1.83 bits per heavy atom. The Labute approximate surface area is 174 Å². The number of rotatable bonds is 5. The van der Waals surface area contributed by atoms with Crippen LogP contribution in [0, 0.1) is 11.3 Å². The van der Waals surface area contributed by atoms with Gasteiger partial charge in [0.15, 0.2) is 0 Å². The maximum Gasteiger partial charge on any atom is 0.222 e. The van der Waals surface area contributed by atoms with Crippen LogP contribution in [0.15, 0.2) is 18.2 Å². The Morgan fingerprint density at radius 3 is 2.45 bits per heavy atom. The smallest absolute Gasteiger partial charge is 0.222 e. The molecule has 1 saturated carbocycles. The second kappa shape index (κ2) is 9.14. The highest BCUT2D eigenvalue weighted by Gasteiger charge is 2.53. The van der Waals surface area contributed by atoms with Crippen molar-refractivity contribution >= 4 is 11.6 Å². The summed E-state index contributed by atoms with van der Waals surface area (Å²) in [7, 11) is 1.69. The summed E-state index contributed by atoms with van der Waals surface area (Å²) in [6, 6.07) is 6.21. The Kier molecular flexibility index (Phi) is 7.02. The molecular formula is C20H26ClNO7. The van der Waals surface area contributed by atoms with Gasteiger partial charge in [0.2, 0.25) is 5.79 Å². The summed E-state index contributed by atoms with van der Waals surface area (Å²) >= 11 is 6.26. The molecule has 8 nitrogen and oxygen atoms in total. The fraction of sp³-hybridized carbons (Fsp3) is 0.650. The van der Waals surface area contributed by atoms with Crippen LogP contribution in [0.5, 0.6) is 5.75 Å². The van der Waals surface area contributed by atoms with Crippen LogP contribution < -0.4 is 4.74 Å². The maximum absolute atomic E-state index is 11.0. The molecule has 0 spiro atoms. The molecule has 4 N–H and O–H groups in total. The van der Waals surface area contributed by atoms with Crippen LogP contribution in [0.1, 0.15) is 37.7 Å². The first-order valence-corrected chi connectivity index (χ1v) is 9.98. The lowest BCUT2D eigenvalue weighted by Crippen LogP contribution is -2.62. The number of aliphatic hydroxyl groups excluding tert-OH is 3. The molecule has 5 atom stereocenters. The van der Waals surface area contributed by atoms with Crippen LogP contribution >= 0.6 is 11.6 Å². The van der Waals surface area contributed by atoms with E-state index < -0.39 is 30.2 Å². The summed E-state index contributed by atoms with van der Waals surface area (Å²) < 4.78 is 16.8. The highest BCUT2D eigenvalue weighted by Crippen LogP contribution is 2.40. The van der Waals surface area contributed by atoms with E-state index in [2.05, 4.69) is 0 Å². The average Bonchev–Trinajstić information content (AvgIpc) is 2.72. The van der Waals surface area contributed by atoms with E-state index in [1.165, 1.54) is 18.2 Å². The minimum atomic E-state index is -2.34. The number of hydrogen-bond donors (Lipinski definition) is 4. The zero-order chi connectivity index (χ0) is 21.2. The molecule has 1 heterocycles. The molecule has 29 heavy (non-hydrogen) atoms. The third-order valence-electron chi connectivity index (χ3n) is 5.67. The fourth-order valence-corrected chi connectivity index (χ4v) is 4.04. The van der Waals surface area contributed by atoms with Gasteiger partial charge in [0, 0.05) is 12.7 Å². The summed E-state index contributed by atoms with van der Waals surface area (Å²) in [5.41, 5.74) is 0.101. The highest BCUT2D eigenvalue weighted by molar-refractivity contribution is 6.32. The van der Waals surface area contributed by atoms with Crippen LogP contribution in [0.3, 0.4) is 0 Å². The molecule has 1 saturated heterocycles. The molecule has 0 radical (unpaired) electrons. The molecule has 0 aromatic heterocycles. The first-order chi connectivity index (χ1) is 13.8. The van der Waals surface area contributed by atoms with E-state index in [-0.39, 0.29) is 24.2 Å². The first kappa shape index (κ1) is 22.2. The van der Waals surface area contributed by atoms with Gasteiger partial charge in [0.1, 0.15) is 30.2 Å². The zero-order valence-corrected chi connectivity index (χ0v) is 16.8. The van der Waals surface area contributed by atoms with Crippen molar-refractivity contribution in [3.8, 4) is 11.8 Å². The standard InChI is InChI=1S/C20H26ClNO7/c1-27-12-3-5-13(6-4-12)28-16-10-11(2-7-14(16)21)20(26)19(25)18(24)17(23)15(29-20)8-9-22/h2,7,10,12-13,15,17-19,23-26H,3-6,8H2,1H3/t12?,13?,15-,17-,18+,19-,20-/m1/s1. The topological polar surface area (TPSA) is 132 Å². The number of benzene rings is 1. The lowest BCUT2D eigenvalue weighted by atomic mass is 9.87. The lowest BCUT2D eigenvalue weighted by molar-refractivity contribution is -0.353. The quantitative estimate of drug-likeness (QED) is 0.551. The van der Waals surface area contributed by atoms with Crippen molar-refractivity contribution < 1.29 is 34.6 Å². The molecule has 2 fully saturated rings. The lowest BCUT2D eigenvalue weighted by Gasteiger charge is -2.45. The molecule has 0 amide bonds. The van der Waals surface area contributed by atoms with Crippen molar-refractivity contribution in [2.24, 2.45) is 0 Å². The largest absolute Gasteiger partial charge is 0.489 e. The summed E-state index contributed by atoms with van der Waals surface area (Å²) in [6.45, 7) is 0.